The van der Waals surface area contributed by atoms with Gasteiger partial charge in [-0.2, -0.15) is 0 Å². The van der Waals surface area contributed by atoms with Crippen LogP contribution in [0.2, 0.25) is 6.32 Å². The van der Waals surface area contributed by atoms with Gasteiger partial charge in [0.25, 0.3) is 0 Å². The van der Waals surface area contributed by atoms with Gasteiger partial charge < -0.3 is 5.73 Å². The highest BCUT2D eigenvalue weighted by Crippen LogP contribution is 2.42. The van der Waals surface area contributed by atoms with E-state index in [2.05, 4.69) is 18.2 Å². The Kier molecular flexibility index (Phi) is 8.11. The Morgan fingerprint density at radius 2 is 2.11 bits per heavy atom. The van der Waals surface area contributed by atoms with E-state index in [1.165, 1.54) is 55.2 Å². The lowest BCUT2D eigenvalue weighted by Crippen LogP contribution is -2.37. The van der Waals surface area contributed by atoms with Crippen molar-refractivity contribution in [2.45, 2.75) is 88.4 Å². The molecule has 1 fully saturated rings. The molecule has 4 atom stereocenters. The topological polar surface area (TPSA) is 72.5 Å². The van der Waals surface area contributed by atoms with Crippen molar-refractivity contribution in [3.63, 3.8) is 0 Å². The van der Waals surface area contributed by atoms with Gasteiger partial charge in [0.15, 0.2) is 0 Å². The normalized spacial score (nSPS) is 27.6. The van der Waals surface area contributed by atoms with E-state index < -0.39 is 8.25 Å². The van der Waals surface area contributed by atoms with E-state index in [4.69, 9.17) is 23.0 Å². The monoisotopic (exact) mass is 402 g/mol. The minimum Gasteiger partial charge on any atom is -0.325 e. The molecule has 1 aromatic rings. The largest absolute Gasteiger partial charge is 0.694 e. The third-order valence-electron chi connectivity index (χ3n) is 6.79. The van der Waals surface area contributed by atoms with Crippen LogP contribution in [0.25, 0.3) is 0 Å². The van der Waals surface area contributed by atoms with Gasteiger partial charge in [-0.1, -0.05) is 50.2 Å². The van der Waals surface area contributed by atoms with Crippen molar-refractivity contribution in [2.75, 3.05) is 6.61 Å². The molecule has 2 aliphatic carbocycles. The average molecular weight is 402 g/mol. The van der Waals surface area contributed by atoms with E-state index in [1.807, 2.05) is 0 Å². The lowest BCUT2D eigenvalue weighted by molar-refractivity contribution is 0.240. The minimum atomic E-state index is -2.53. The smallest absolute Gasteiger partial charge is 0.325 e. The number of rotatable bonds is 10. The van der Waals surface area contributed by atoms with Crippen molar-refractivity contribution < 1.29 is 14.0 Å². The zero-order valence-corrected chi connectivity index (χ0v) is 17.8. The number of hydrogen-bond acceptors (Lipinski definition) is 3. The maximum Gasteiger partial charge on any atom is 0.694 e. The Labute approximate surface area is 172 Å². The van der Waals surface area contributed by atoms with E-state index in [1.54, 1.807) is 0 Å². The number of aryl methyl sites for hydroxylation is 1. The number of nitrogens with two attached hydrogens (primary N) is 1. The van der Waals surface area contributed by atoms with E-state index >= 15 is 0 Å². The summed E-state index contributed by atoms with van der Waals surface area (Å²) < 4.78 is 15.5. The molecule has 0 bridgehead atoms. The zero-order chi connectivity index (χ0) is 20.0. The highest BCUT2D eigenvalue weighted by molar-refractivity contribution is 7.32. The van der Waals surface area contributed by atoms with Crippen molar-refractivity contribution in [1.82, 2.24) is 0 Å². The third-order valence-corrected chi connectivity index (χ3v) is 7.20. The Bertz CT molecular complexity index is 671. The second kappa shape index (κ2) is 10.3. The molecule has 2 radical (unpaired) electrons. The molecule has 3 rings (SSSR count). The van der Waals surface area contributed by atoms with E-state index in [0.29, 0.717) is 12.3 Å². The van der Waals surface area contributed by atoms with Gasteiger partial charge in [-0.3, -0.25) is 0 Å². The predicted molar refractivity (Wildman–Crippen MR) is 115 cm³/mol. The van der Waals surface area contributed by atoms with Gasteiger partial charge in [0.2, 0.25) is 0 Å². The summed E-state index contributed by atoms with van der Waals surface area (Å²) in [6.45, 7) is 0.256. The molecule has 3 N–H and O–H groups in total. The van der Waals surface area contributed by atoms with Crippen LogP contribution in [-0.2, 0) is 21.9 Å². The third kappa shape index (κ3) is 6.13. The Morgan fingerprint density at radius 1 is 1.25 bits per heavy atom. The molecule has 2 aliphatic rings. The quantitative estimate of drug-likeness (QED) is 0.330. The molecular weight excluding hydrogens is 368 g/mol. The zero-order valence-electron chi connectivity index (χ0n) is 16.9. The summed E-state index contributed by atoms with van der Waals surface area (Å²) in [7, 11) is 3.07. The summed E-state index contributed by atoms with van der Waals surface area (Å²) in [4.78, 5) is 8.78. The molecule has 6 heteroatoms. The number of hydrogen-bond donors (Lipinski definition) is 2. The van der Waals surface area contributed by atoms with Crippen LogP contribution in [0.5, 0.6) is 0 Å². The van der Waals surface area contributed by atoms with Gasteiger partial charge in [-0.05, 0) is 73.5 Å². The molecule has 0 aromatic heterocycles. The van der Waals surface area contributed by atoms with Crippen LogP contribution < -0.4 is 5.73 Å². The molecule has 0 heterocycles. The summed E-state index contributed by atoms with van der Waals surface area (Å²) in [6, 6.07) is 7.09. The second-order valence-corrected chi connectivity index (χ2v) is 9.63. The summed E-state index contributed by atoms with van der Waals surface area (Å²) >= 11 is 0. The Balaban J connectivity index is 1.53. The number of unbranched alkanes of at least 4 members (excludes halogenated alkanes) is 2. The first-order valence-electron chi connectivity index (χ1n) is 10.9. The van der Waals surface area contributed by atoms with Gasteiger partial charge in [-0.15, -0.1) is 9.42 Å². The van der Waals surface area contributed by atoms with Crippen molar-refractivity contribution in [2.24, 2.45) is 11.7 Å². The molecule has 4 nitrogen and oxygen atoms in total. The van der Waals surface area contributed by atoms with Crippen molar-refractivity contribution in [1.29, 1.82) is 0 Å². The van der Waals surface area contributed by atoms with E-state index in [-0.39, 0.29) is 12.1 Å². The van der Waals surface area contributed by atoms with Gasteiger partial charge >= 0.3 is 8.25 Å². The van der Waals surface area contributed by atoms with Crippen LogP contribution in [0.3, 0.4) is 0 Å². The van der Waals surface area contributed by atoms with Gasteiger partial charge in [0.1, 0.15) is 6.61 Å². The first kappa shape index (κ1) is 22.0. The fraction of sp³-hybridized carbons (Fsp3) is 0.727. The van der Waals surface area contributed by atoms with Crippen molar-refractivity contribution >= 4 is 16.1 Å². The number of benzene rings is 1. The van der Waals surface area contributed by atoms with Crippen LogP contribution in [0.15, 0.2) is 18.2 Å². The van der Waals surface area contributed by atoms with Crippen LogP contribution in [0.4, 0.5) is 0 Å². The Hall–Kier alpha value is -0.735. The standard InChI is InChI=1S/C22H33BNO3P/c23-12-3-1-2-4-17-5-6-19-15-20(8-7-18(19)14-17)21-9-10-22(24,16-21)11-13-27-28(25)26/h7-8,15,17,21H,1-6,9-14,16,24H2/p+1/t17?,21-,22+/m1/s1. The Morgan fingerprint density at radius 3 is 2.89 bits per heavy atom. The highest BCUT2D eigenvalue weighted by Gasteiger charge is 2.37. The molecule has 0 saturated heterocycles. The first-order chi connectivity index (χ1) is 13.5. The summed E-state index contributed by atoms with van der Waals surface area (Å²) in [5.74, 6) is 1.32. The van der Waals surface area contributed by atoms with Crippen LogP contribution in [-0.4, -0.2) is 24.9 Å². The van der Waals surface area contributed by atoms with Gasteiger partial charge in [-0.25, -0.2) is 0 Å². The summed E-state index contributed by atoms with van der Waals surface area (Å²) in [5, 5.41) is 0. The maximum absolute atomic E-state index is 10.7. The fourth-order valence-electron chi connectivity index (χ4n) is 5.10. The fourth-order valence-corrected chi connectivity index (χ4v) is 5.35. The lowest BCUT2D eigenvalue weighted by atomic mass is 9.79. The molecule has 0 spiro atoms. The predicted octanol–water partition coefficient (Wildman–Crippen LogP) is 4.96. The van der Waals surface area contributed by atoms with E-state index in [0.717, 1.165) is 37.9 Å². The molecule has 28 heavy (non-hydrogen) atoms. The molecule has 0 aliphatic heterocycles. The highest BCUT2D eigenvalue weighted by atomic mass is 31.1. The molecule has 1 aromatic carbocycles. The SMILES string of the molecule is [B]CCCCCC1CCc2cc([C@@H]3CC[C@](N)(CCO[P+](=O)O)C3)ccc2C1. The van der Waals surface area contributed by atoms with Gasteiger partial charge in [0, 0.05) is 10.1 Å². The first-order valence-corrected chi connectivity index (χ1v) is 12.0. The maximum atomic E-state index is 10.7. The molecule has 1 saturated carbocycles. The van der Waals surface area contributed by atoms with Crippen molar-refractivity contribution in [3.05, 3.63) is 34.9 Å². The van der Waals surface area contributed by atoms with Crippen LogP contribution in [0, 0.1) is 5.92 Å². The number of fused-ring (bicyclic) bond motifs is 1. The van der Waals surface area contributed by atoms with Crippen LogP contribution >= 0.6 is 8.25 Å². The second-order valence-electron chi connectivity index (χ2n) is 8.90. The minimum absolute atomic E-state index is 0.256. The summed E-state index contributed by atoms with van der Waals surface area (Å²) in [5.41, 5.74) is 10.7. The molecular formula is C22H34BNO3P+. The average Bonchev–Trinajstić information content (AvgIpc) is 3.06. The summed E-state index contributed by atoms with van der Waals surface area (Å²) in [6.07, 6.45) is 13.2. The van der Waals surface area contributed by atoms with Gasteiger partial charge in [0.05, 0.1) is 7.85 Å². The van der Waals surface area contributed by atoms with Crippen molar-refractivity contribution in [3.8, 4) is 0 Å². The molecule has 152 valence electrons. The van der Waals surface area contributed by atoms with Crippen LogP contribution in [0.1, 0.15) is 80.4 Å². The molecule has 0 amide bonds. The lowest BCUT2D eigenvalue weighted by Gasteiger charge is -2.26. The van der Waals surface area contributed by atoms with E-state index in [9.17, 15) is 4.57 Å². The molecule has 2 unspecified atom stereocenters.